The Morgan fingerprint density at radius 1 is 1.29 bits per heavy atom. The van der Waals surface area contributed by atoms with Gasteiger partial charge in [0.1, 0.15) is 0 Å². The summed E-state index contributed by atoms with van der Waals surface area (Å²) < 4.78 is 11.4. The molecule has 0 bridgehead atoms. The third-order valence-electron chi connectivity index (χ3n) is 3.15. The van der Waals surface area contributed by atoms with Crippen LogP contribution in [0.1, 0.15) is 15.9 Å². The van der Waals surface area contributed by atoms with Crippen molar-refractivity contribution in [2.75, 3.05) is 7.11 Å². The van der Waals surface area contributed by atoms with Crippen LogP contribution in [0.4, 0.5) is 0 Å². The lowest BCUT2D eigenvalue weighted by Crippen LogP contribution is -1.98. The fourth-order valence-corrected chi connectivity index (χ4v) is 2.56. The maximum Gasteiger partial charge on any atom is 0.232 e. The number of phenols is 1. The summed E-state index contributed by atoms with van der Waals surface area (Å²) in [6.07, 6.45) is 1.62. The molecular formula is C16H11BrO4. The highest BCUT2D eigenvalue weighted by Crippen LogP contribution is 2.38. The first-order chi connectivity index (χ1) is 10.1. The summed E-state index contributed by atoms with van der Waals surface area (Å²) in [7, 11) is 1.47. The number of aromatic hydroxyl groups is 1. The number of para-hydroxylation sites is 1. The van der Waals surface area contributed by atoms with Crippen LogP contribution >= 0.6 is 15.9 Å². The number of carbonyl (C=O) groups excluding carboxylic acids is 1. The van der Waals surface area contributed by atoms with E-state index in [4.69, 9.17) is 9.47 Å². The minimum atomic E-state index is -0.168. The zero-order valence-electron chi connectivity index (χ0n) is 11.1. The number of ether oxygens (including phenoxy) is 2. The van der Waals surface area contributed by atoms with E-state index in [0.717, 1.165) is 4.47 Å². The number of hydrogen-bond donors (Lipinski definition) is 1. The molecular weight excluding hydrogens is 336 g/mol. The normalized spacial score (nSPS) is 15.0. The Morgan fingerprint density at radius 2 is 2.10 bits per heavy atom. The summed E-state index contributed by atoms with van der Waals surface area (Å²) in [4.78, 5) is 12.3. The van der Waals surface area contributed by atoms with Crippen molar-refractivity contribution in [1.82, 2.24) is 0 Å². The molecule has 2 aromatic carbocycles. The minimum absolute atomic E-state index is 0.0457. The first kappa shape index (κ1) is 13.7. The van der Waals surface area contributed by atoms with Crippen LogP contribution in [0.2, 0.25) is 0 Å². The van der Waals surface area contributed by atoms with E-state index in [1.54, 1.807) is 30.3 Å². The summed E-state index contributed by atoms with van der Waals surface area (Å²) in [6.45, 7) is 0. The smallest absolute Gasteiger partial charge is 0.232 e. The fraction of sp³-hybridized carbons (Fsp3) is 0.0625. The molecule has 0 amide bonds. The van der Waals surface area contributed by atoms with Crippen LogP contribution in [-0.2, 0) is 0 Å². The lowest BCUT2D eigenvalue weighted by molar-refractivity contribution is 0.101. The van der Waals surface area contributed by atoms with E-state index in [-0.39, 0.29) is 17.3 Å². The van der Waals surface area contributed by atoms with Crippen molar-refractivity contribution in [3.05, 3.63) is 57.8 Å². The van der Waals surface area contributed by atoms with Gasteiger partial charge in [-0.1, -0.05) is 12.1 Å². The van der Waals surface area contributed by atoms with Gasteiger partial charge in [0, 0.05) is 0 Å². The second-order valence-corrected chi connectivity index (χ2v) is 5.34. The standard InChI is InChI=1S/C16H11BrO4/c1-20-13-7-9(5-6-12(13)18)8-14-15(19)10-3-2-4-11(17)16(10)21-14/h2-8,18H,1H3/b14-8-. The number of halogens is 1. The molecule has 1 N–H and O–H groups in total. The third kappa shape index (κ3) is 2.40. The summed E-state index contributed by atoms with van der Waals surface area (Å²) in [5.41, 5.74) is 1.23. The van der Waals surface area contributed by atoms with Gasteiger partial charge in [0.15, 0.2) is 23.0 Å². The van der Waals surface area contributed by atoms with Gasteiger partial charge >= 0.3 is 0 Å². The summed E-state index contributed by atoms with van der Waals surface area (Å²) in [5, 5.41) is 9.58. The second kappa shape index (κ2) is 5.26. The highest BCUT2D eigenvalue weighted by molar-refractivity contribution is 9.10. The van der Waals surface area contributed by atoms with Crippen molar-refractivity contribution in [1.29, 1.82) is 0 Å². The fourth-order valence-electron chi connectivity index (χ4n) is 2.11. The third-order valence-corrected chi connectivity index (χ3v) is 3.77. The first-order valence-corrected chi connectivity index (χ1v) is 6.99. The molecule has 0 radical (unpaired) electrons. The Hall–Kier alpha value is -2.27. The van der Waals surface area contributed by atoms with Gasteiger partial charge in [-0.2, -0.15) is 0 Å². The van der Waals surface area contributed by atoms with Gasteiger partial charge < -0.3 is 14.6 Å². The number of benzene rings is 2. The van der Waals surface area contributed by atoms with Crippen molar-refractivity contribution >= 4 is 27.8 Å². The molecule has 0 aromatic heterocycles. The van der Waals surface area contributed by atoms with Crippen molar-refractivity contribution in [3.8, 4) is 17.2 Å². The second-order valence-electron chi connectivity index (χ2n) is 4.49. The van der Waals surface area contributed by atoms with E-state index in [1.807, 2.05) is 6.07 Å². The maximum absolute atomic E-state index is 12.3. The lowest BCUT2D eigenvalue weighted by Gasteiger charge is -2.04. The maximum atomic E-state index is 12.3. The predicted molar refractivity (Wildman–Crippen MR) is 81.7 cm³/mol. The molecule has 0 saturated heterocycles. The van der Waals surface area contributed by atoms with E-state index in [1.165, 1.54) is 13.2 Å². The molecule has 1 aliphatic rings. The molecule has 106 valence electrons. The number of fused-ring (bicyclic) bond motifs is 1. The zero-order valence-corrected chi connectivity index (χ0v) is 12.7. The number of allylic oxidation sites excluding steroid dienone is 1. The lowest BCUT2D eigenvalue weighted by atomic mass is 10.1. The Kier molecular flexibility index (Phi) is 3.43. The number of phenolic OH excluding ortho intramolecular Hbond substituents is 1. The van der Waals surface area contributed by atoms with E-state index < -0.39 is 0 Å². The molecule has 0 fully saturated rings. The van der Waals surface area contributed by atoms with Crippen LogP contribution in [0.25, 0.3) is 6.08 Å². The molecule has 0 spiro atoms. The average molecular weight is 347 g/mol. The van der Waals surface area contributed by atoms with Gasteiger partial charge in [0.2, 0.25) is 5.78 Å². The predicted octanol–water partition coefficient (Wildman–Crippen LogP) is 3.78. The van der Waals surface area contributed by atoms with Gasteiger partial charge in [-0.05, 0) is 51.8 Å². The molecule has 1 heterocycles. The Morgan fingerprint density at radius 3 is 2.81 bits per heavy atom. The summed E-state index contributed by atoms with van der Waals surface area (Å²) in [6, 6.07) is 10.2. The monoisotopic (exact) mass is 346 g/mol. The molecule has 0 aliphatic carbocycles. The van der Waals surface area contributed by atoms with Gasteiger partial charge in [0.25, 0.3) is 0 Å². The average Bonchev–Trinajstić information content (AvgIpc) is 2.80. The molecule has 21 heavy (non-hydrogen) atoms. The molecule has 0 saturated carbocycles. The number of methoxy groups -OCH3 is 1. The SMILES string of the molecule is COc1cc(/C=C2\Oc3c(Br)cccc3C2=O)ccc1O. The van der Waals surface area contributed by atoms with Gasteiger partial charge in [-0.3, -0.25) is 4.79 Å². The number of ketones is 1. The quantitative estimate of drug-likeness (QED) is 0.840. The molecule has 1 aliphatic heterocycles. The van der Waals surface area contributed by atoms with E-state index in [9.17, 15) is 9.90 Å². The van der Waals surface area contributed by atoms with Crippen molar-refractivity contribution in [3.63, 3.8) is 0 Å². The van der Waals surface area contributed by atoms with Crippen LogP contribution in [0.3, 0.4) is 0 Å². The number of Topliss-reactive ketones (excluding diaryl/α,β-unsaturated/α-hetero) is 1. The molecule has 0 unspecified atom stereocenters. The number of carbonyl (C=O) groups is 1. The summed E-state index contributed by atoms with van der Waals surface area (Å²) in [5.74, 6) is 0.986. The minimum Gasteiger partial charge on any atom is -0.504 e. The van der Waals surface area contributed by atoms with Gasteiger partial charge in [-0.15, -0.1) is 0 Å². The van der Waals surface area contributed by atoms with Gasteiger partial charge in [-0.25, -0.2) is 0 Å². The molecule has 4 nitrogen and oxygen atoms in total. The van der Waals surface area contributed by atoms with Gasteiger partial charge in [0.05, 0.1) is 17.1 Å². The molecule has 2 aromatic rings. The summed E-state index contributed by atoms with van der Waals surface area (Å²) >= 11 is 3.36. The van der Waals surface area contributed by atoms with E-state index >= 15 is 0 Å². The first-order valence-electron chi connectivity index (χ1n) is 6.20. The molecule has 0 atom stereocenters. The van der Waals surface area contributed by atoms with Crippen molar-refractivity contribution in [2.45, 2.75) is 0 Å². The van der Waals surface area contributed by atoms with Crippen LogP contribution < -0.4 is 9.47 Å². The zero-order chi connectivity index (χ0) is 15.0. The van der Waals surface area contributed by atoms with Crippen LogP contribution in [0.5, 0.6) is 17.2 Å². The highest BCUT2D eigenvalue weighted by atomic mass is 79.9. The number of hydrogen-bond acceptors (Lipinski definition) is 4. The van der Waals surface area contributed by atoms with E-state index in [2.05, 4.69) is 15.9 Å². The largest absolute Gasteiger partial charge is 0.504 e. The van der Waals surface area contributed by atoms with Crippen molar-refractivity contribution in [2.24, 2.45) is 0 Å². The van der Waals surface area contributed by atoms with Crippen LogP contribution in [-0.4, -0.2) is 18.0 Å². The molecule has 5 heteroatoms. The van der Waals surface area contributed by atoms with E-state index in [0.29, 0.717) is 22.6 Å². The highest BCUT2D eigenvalue weighted by Gasteiger charge is 2.28. The van der Waals surface area contributed by atoms with Crippen molar-refractivity contribution < 1.29 is 19.4 Å². The van der Waals surface area contributed by atoms with Crippen LogP contribution in [0, 0.1) is 0 Å². The topological polar surface area (TPSA) is 55.8 Å². The Balaban J connectivity index is 2.00. The Bertz CT molecular complexity index is 765. The Labute approximate surface area is 129 Å². The number of rotatable bonds is 2. The molecule has 3 rings (SSSR count). The van der Waals surface area contributed by atoms with Crippen LogP contribution in [0.15, 0.2) is 46.6 Å².